The van der Waals surface area contributed by atoms with E-state index in [0.717, 1.165) is 16.3 Å². The average Bonchev–Trinajstić information content (AvgIpc) is 3.35. The van der Waals surface area contributed by atoms with Crippen LogP contribution in [0.15, 0.2) is 24.7 Å². The van der Waals surface area contributed by atoms with Gasteiger partial charge in [-0.15, -0.1) is 5.10 Å². The highest BCUT2D eigenvalue weighted by atomic mass is 28.3. The summed E-state index contributed by atoms with van der Waals surface area (Å²) in [5.41, 5.74) is 1.12. The molecule has 0 bridgehead atoms. The number of carbonyl (C=O) groups excluding carboxylic acids is 1. The highest BCUT2D eigenvalue weighted by Crippen LogP contribution is 2.36. The van der Waals surface area contributed by atoms with E-state index in [9.17, 15) is 26.7 Å². The number of esters is 1. The lowest BCUT2D eigenvalue weighted by atomic mass is 9.95. The zero-order valence-corrected chi connectivity index (χ0v) is 26.5. The predicted octanol–water partition coefficient (Wildman–Crippen LogP) is 5.57. The number of carbonyl (C=O) groups is 1. The number of pyridine rings is 1. The molecule has 3 rings (SSSR count). The van der Waals surface area contributed by atoms with Gasteiger partial charge in [0.05, 0.1) is 12.5 Å². The molecule has 0 radical (unpaired) electrons. The largest absolute Gasteiger partial charge is 0.476 e. The van der Waals surface area contributed by atoms with Crippen LogP contribution in [-0.2, 0) is 21.0 Å². The van der Waals surface area contributed by atoms with Crippen LogP contribution in [0.1, 0.15) is 19.4 Å². The van der Waals surface area contributed by atoms with E-state index in [2.05, 4.69) is 44.7 Å². The molecule has 0 N–H and O–H groups in total. The van der Waals surface area contributed by atoms with Gasteiger partial charge in [0.1, 0.15) is 13.3 Å². The quantitative estimate of drug-likeness (QED) is 0.0950. The van der Waals surface area contributed by atoms with Gasteiger partial charge in [-0.1, -0.05) is 19.6 Å². The van der Waals surface area contributed by atoms with Crippen LogP contribution in [0.5, 0.6) is 11.9 Å². The van der Waals surface area contributed by atoms with E-state index in [4.69, 9.17) is 18.9 Å². The molecule has 0 aromatic carbocycles. The van der Waals surface area contributed by atoms with E-state index in [0.29, 0.717) is 23.6 Å². The molecule has 0 aliphatic rings. The summed E-state index contributed by atoms with van der Waals surface area (Å²) in [5, 5.41) is 4.12. The summed E-state index contributed by atoms with van der Waals surface area (Å²) in [6.07, 6.45) is -1.34. The number of halogens is 5. The molecule has 3 aromatic heterocycles. The molecule has 3 aromatic rings. The highest BCUT2D eigenvalue weighted by Gasteiger charge is 2.58. The molecule has 0 amide bonds. The topological polar surface area (TPSA) is 123 Å². The van der Waals surface area contributed by atoms with Gasteiger partial charge >= 0.3 is 24.1 Å². The van der Waals surface area contributed by atoms with Crippen LogP contribution in [0.25, 0.3) is 22.8 Å². The first kappa shape index (κ1) is 34.8. The van der Waals surface area contributed by atoms with Gasteiger partial charge in [-0.05, 0) is 32.4 Å². The van der Waals surface area contributed by atoms with E-state index >= 15 is 0 Å². The predicted molar refractivity (Wildman–Crippen MR) is 151 cm³/mol. The summed E-state index contributed by atoms with van der Waals surface area (Å²) in [5.74, 6) is -5.42. The Balaban J connectivity index is 1.78. The van der Waals surface area contributed by atoms with Gasteiger partial charge in [0.25, 0.3) is 0 Å². The van der Waals surface area contributed by atoms with Gasteiger partial charge < -0.3 is 18.9 Å². The number of hydrogen-bond donors (Lipinski definition) is 0. The molecule has 11 nitrogen and oxygen atoms in total. The Labute approximate surface area is 252 Å². The second-order valence-corrected chi connectivity index (χ2v) is 17.5. The molecular weight excluding hydrogens is 611 g/mol. The van der Waals surface area contributed by atoms with Gasteiger partial charge in [-0.25, -0.2) is 15.0 Å². The Morgan fingerprint density at radius 1 is 0.955 bits per heavy atom. The van der Waals surface area contributed by atoms with Crippen LogP contribution in [-0.4, -0.2) is 82.8 Å². The second kappa shape index (κ2) is 13.5. The molecule has 0 fully saturated rings. The van der Waals surface area contributed by atoms with Crippen molar-refractivity contribution in [3.63, 3.8) is 0 Å². The zero-order chi connectivity index (χ0) is 32.9. The SMILES string of the molecule is COC(=O)C(C)(C)COc1cc(C)c(-c2cnc(-c3nc(OCC(F)(F)C(F)(F)F)n(COCC[Si](C)(C)C)n3)nc2)cn1. The minimum Gasteiger partial charge on any atom is -0.476 e. The van der Waals surface area contributed by atoms with Crippen molar-refractivity contribution in [1.29, 1.82) is 0 Å². The number of nitrogens with zero attached hydrogens (tertiary/aromatic N) is 6. The fraction of sp³-hybridized carbons (Fsp3) is 0.556. The molecule has 0 saturated carbocycles. The molecule has 44 heavy (non-hydrogen) atoms. The Hall–Kier alpha value is -3.73. The van der Waals surface area contributed by atoms with Gasteiger partial charge in [-0.2, -0.15) is 31.6 Å². The summed E-state index contributed by atoms with van der Waals surface area (Å²) in [6, 6.07) is 1.87. The minimum atomic E-state index is -5.80. The molecule has 0 atom stereocenters. The van der Waals surface area contributed by atoms with Crippen LogP contribution < -0.4 is 9.47 Å². The highest BCUT2D eigenvalue weighted by molar-refractivity contribution is 6.76. The number of aromatic nitrogens is 6. The molecule has 17 heteroatoms. The number of hydrogen-bond acceptors (Lipinski definition) is 10. The first-order valence-corrected chi connectivity index (χ1v) is 17.1. The van der Waals surface area contributed by atoms with E-state index in [1.807, 2.05) is 6.92 Å². The van der Waals surface area contributed by atoms with Crippen LogP contribution in [0.3, 0.4) is 0 Å². The summed E-state index contributed by atoms with van der Waals surface area (Å²) in [7, 11) is -0.151. The van der Waals surface area contributed by atoms with E-state index < -0.39 is 44.2 Å². The van der Waals surface area contributed by atoms with Gasteiger partial charge in [0.2, 0.25) is 11.7 Å². The number of aryl methyl sites for hydroxylation is 1. The van der Waals surface area contributed by atoms with E-state index in [1.165, 1.54) is 19.5 Å². The fourth-order valence-electron chi connectivity index (χ4n) is 3.46. The van der Waals surface area contributed by atoms with Crippen molar-refractivity contribution >= 4 is 14.0 Å². The van der Waals surface area contributed by atoms with Crippen LogP contribution in [0, 0.1) is 12.3 Å². The van der Waals surface area contributed by atoms with Gasteiger partial charge in [0, 0.05) is 50.5 Å². The second-order valence-electron chi connectivity index (χ2n) is 11.9. The number of alkyl halides is 5. The average molecular weight is 647 g/mol. The third-order valence-electron chi connectivity index (χ3n) is 6.21. The Morgan fingerprint density at radius 3 is 2.18 bits per heavy atom. The maximum absolute atomic E-state index is 13.5. The van der Waals surface area contributed by atoms with E-state index in [1.54, 1.807) is 26.1 Å². The number of ether oxygens (including phenoxy) is 4. The van der Waals surface area contributed by atoms with Crippen molar-refractivity contribution < 1.29 is 45.7 Å². The lowest BCUT2D eigenvalue weighted by Gasteiger charge is -2.21. The van der Waals surface area contributed by atoms with Gasteiger partial charge in [0.15, 0.2) is 12.4 Å². The molecule has 242 valence electrons. The van der Waals surface area contributed by atoms with Crippen LogP contribution >= 0.6 is 0 Å². The zero-order valence-electron chi connectivity index (χ0n) is 25.5. The molecule has 0 saturated heterocycles. The van der Waals surface area contributed by atoms with Gasteiger partial charge in [-0.3, -0.25) is 4.79 Å². The van der Waals surface area contributed by atoms with Crippen molar-refractivity contribution in [2.24, 2.45) is 5.41 Å². The Morgan fingerprint density at radius 2 is 1.61 bits per heavy atom. The number of methoxy groups -OCH3 is 1. The first-order valence-electron chi connectivity index (χ1n) is 13.4. The first-order chi connectivity index (χ1) is 20.3. The van der Waals surface area contributed by atoms with Crippen molar-refractivity contribution in [2.75, 3.05) is 26.9 Å². The Kier molecular flexibility index (Phi) is 10.7. The maximum atomic E-state index is 13.5. The van der Waals surface area contributed by atoms with E-state index in [-0.39, 0.29) is 25.0 Å². The molecule has 0 aliphatic heterocycles. The van der Waals surface area contributed by atoms with Crippen molar-refractivity contribution in [1.82, 2.24) is 29.7 Å². The summed E-state index contributed by atoms with van der Waals surface area (Å²) < 4.78 is 86.8. The van der Waals surface area contributed by atoms with Crippen LogP contribution in [0.4, 0.5) is 22.0 Å². The lowest BCUT2D eigenvalue weighted by molar-refractivity contribution is -0.290. The molecule has 0 aliphatic carbocycles. The molecule has 0 spiro atoms. The summed E-state index contributed by atoms with van der Waals surface area (Å²) in [6.45, 7) is 9.67. The third-order valence-corrected chi connectivity index (χ3v) is 7.92. The Bertz CT molecular complexity index is 1430. The summed E-state index contributed by atoms with van der Waals surface area (Å²) in [4.78, 5) is 28.6. The van der Waals surface area contributed by atoms with Crippen molar-refractivity contribution in [3.05, 3.63) is 30.2 Å². The van der Waals surface area contributed by atoms with Crippen molar-refractivity contribution in [3.8, 4) is 34.7 Å². The smallest absolute Gasteiger partial charge is 0.456 e. The standard InChI is InChI=1S/C27H35F5N6O5Si/c1-17-10-20(42-14-25(2,3)23(39)40-4)33-13-19(17)18-11-34-21(35-12-18)22-36-24(43-15-26(28,29)27(30,31)32)38(37-22)16-41-8-9-44(5,6)7/h10-13H,8-9,14-16H2,1-7H3. The lowest BCUT2D eigenvalue weighted by Crippen LogP contribution is -2.42. The molecular formula is C27H35F5N6O5Si. The maximum Gasteiger partial charge on any atom is 0.456 e. The molecule has 0 unspecified atom stereocenters. The monoisotopic (exact) mass is 646 g/mol. The van der Waals surface area contributed by atoms with Crippen molar-refractivity contribution in [2.45, 2.75) is 65.3 Å². The van der Waals surface area contributed by atoms with Crippen LogP contribution in [0.2, 0.25) is 25.7 Å². The molecule has 3 heterocycles. The normalized spacial score (nSPS) is 12.7. The fourth-order valence-corrected chi connectivity index (χ4v) is 4.22. The summed E-state index contributed by atoms with van der Waals surface area (Å²) >= 11 is 0. The number of rotatable bonds is 14. The third kappa shape index (κ3) is 9.14. The minimum absolute atomic E-state index is 0.0300.